The highest BCUT2D eigenvalue weighted by Crippen LogP contribution is 2.38. The highest BCUT2D eigenvalue weighted by molar-refractivity contribution is 8.00. The van der Waals surface area contributed by atoms with Crippen molar-refractivity contribution in [2.45, 2.75) is 23.3 Å². The highest BCUT2D eigenvalue weighted by Gasteiger charge is 2.33. The van der Waals surface area contributed by atoms with Gasteiger partial charge in [0.05, 0.1) is 43.4 Å². The van der Waals surface area contributed by atoms with Gasteiger partial charge < -0.3 is 24.8 Å². The molecule has 2 N–H and O–H groups in total. The molecule has 0 spiro atoms. The summed E-state index contributed by atoms with van der Waals surface area (Å²) in [5.41, 5.74) is 4.11. The molecule has 0 radical (unpaired) electrons. The molecule has 2 aromatic heterocycles. The molecule has 6 rings (SSSR count). The van der Waals surface area contributed by atoms with Gasteiger partial charge in [0.25, 0.3) is 0 Å². The molecule has 3 aliphatic rings. The minimum absolute atomic E-state index is 0.0351. The Bertz CT molecular complexity index is 1350. The summed E-state index contributed by atoms with van der Waals surface area (Å²) in [6.07, 6.45) is 1.85. The zero-order valence-electron chi connectivity index (χ0n) is 19.7. The van der Waals surface area contributed by atoms with E-state index in [9.17, 15) is 9.59 Å². The van der Waals surface area contributed by atoms with Gasteiger partial charge >= 0.3 is 6.09 Å². The second kappa shape index (κ2) is 9.47. The number of carbonyl (C=O) groups excluding carboxylic acids is 2. The summed E-state index contributed by atoms with van der Waals surface area (Å²) in [6, 6.07) is 9.37. The zero-order valence-corrected chi connectivity index (χ0v) is 20.5. The number of methoxy groups -OCH3 is 1. The fraction of sp³-hybridized carbons (Fsp3) is 0.360. The van der Waals surface area contributed by atoms with E-state index >= 15 is 0 Å². The third kappa shape index (κ3) is 4.28. The van der Waals surface area contributed by atoms with Crippen molar-refractivity contribution in [3.05, 3.63) is 42.1 Å². The first-order chi connectivity index (χ1) is 17.6. The van der Waals surface area contributed by atoms with Gasteiger partial charge in [-0.2, -0.15) is 0 Å². The van der Waals surface area contributed by atoms with Gasteiger partial charge in [-0.3, -0.25) is 14.7 Å². The van der Waals surface area contributed by atoms with Gasteiger partial charge in [-0.25, -0.2) is 9.78 Å². The number of fused-ring (bicyclic) bond motifs is 4. The summed E-state index contributed by atoms with van der Waals surface area (Å²) in [4.78, 5) is 35.9. The minimum Gasteiger partial charge on any atom is -0.491 e. The number of cyclic esters (lactones) is 1. The second-order valence-electron chi connectivity index (χ2n) is 8.89. The Morgan fingerprint density at radius 3 is 3.08 bits per heavy atom. The monoisotopic (exact) mass is 507 g/mol. The Balaban J connectivity index is 1.05. The molecule has 0 bridgehead atoms. The number of carbonyl (C=O) groups is 2. The zero-order chi connectivity index (χ0) is 24.6. The first-order valence-electron chi connectivity index (χ1n) is 11.8. The lowest BCUT2D eigenvalue weighted by Crippen LogP contribution is -2.28. The van der Waals surface area contributed by atoms with Crippen molar-refractivity contribution in [3.8, 4) is 11.6 Å². The number of anilines is 2. The van der Waals surface area contributed by atoms with Crippen LogP contribution in [-0.2, 0) is 9.53 Å². The number of nitrogens with one attached hydrogen (secondary N) is 2. The number of hydrogen-bond donors (Lipinski definition) is 2. The van der Waals surface area contributed by atoms with Crippen LogP contribution < -0.4 is 25.0 Å². The van der Waals surface area contributed by atoms with Crippen LogP contribution in [0.15, 0.2) is 41.4 Å². The average molecular weight is 508 g/mol. The molecule has 5 heterocycles. The molecular weight excluding hydrogens is 482 g/mol. The van der Waals surface area contributed by atoms with Gasteiger partial charge in [0.15, 0.2) is 0 Å². The summed E-state index contributed by atoms with van der Waals surface area (Å²) >= 11 is 1.49. The molecule has 2 amide bonds. The molecule has 186 valence electrons. The fourth-order valence-electron chi connectivity index (χ4n) is 4.77. The molecule has 1 saturated heterocycles. The molecule has 0 aliphatic carbocycles. The van der Waals surface area contributed by atoms with Crippen LogP contribution >= 0.6 is 11.8 Å². The van der Waals surface area contributed by atoms with Gasteiger partial charge in [0.2, 0.25) is 11.8 Å². The molecule has 3 aliphatic heterocycles. The predicted molar refractivity (Wildman–Crippen MR) is 135 cm³/mol. The van der Waals surface area contributed by atoms with Crippen molar-refractivity contribution in [1.82, 2.24) is 15.3 Å². The summed E-state index contributed by atoms with van der Waals surface area (Å²) in [5, 5.41) is 6.35. The summed E-state index contributed by atoms with van der Waals surface area (Å²) in [5.74, 6) is 1.81. The van der Waals surface area contributed by atoms with Crippen LogP contribution in [0.5, 0.6) is 11.6 Å². The number of rotatable bonds is 7. The lowest BCUT2D eigenvalue weighted by atomic mass is 10.00. The smallest absolute Gasteiger partial charge is 0.414 e. The summed E-state index contributed by atoms with van der Waals surface area (Å²) in [7, 11) is 1.60. The van der Waals surface area contributed by atoms with Crippen LogP contribution in [-0.4, -0.2) is 67.2 Å². The maximum Gasteiger partial charge on any atom is 0.414 e. The Labute approximate surface area is 211 Å². The largest absolute Gasteiger partial charge is 0.491 e. The first-order valence-corrected chi connectivity index (χ1v) is 12.8. The van der Waals surface area contributed by atoms with Crippen molar-refractivity contribution in [3.63, 3.8) is 0 Å². The minimum atomic E-state index is -0.369. The molecule has 1 aromatic carbocycles. The number of ether oxygens (including phenoxy) is 3. The van der Waals surface area contributed by atoms with Crippen LogP contribution in [0.2, 0.25) is 0 Å². The Morgan fingerprint density at radius 2 is 2.19 bits per heavy atom. The number of thioether (sulfide) groups is 1. The Morgan fingerprint density at radius 1 is 1.28 bits per heavy atom. The fourth-order valence-corrected chi connectivity index (χ4v) is 5.56. The van der Waals surface area contributed by atoms with Crippen molar-refractivity contribution in [2.24, 2.45) is 0 Å². The SMILES string of the molecule is COc1ccc2ncc3c(c2n1)[C@H](CNCC[C@H]1CN(c2ccc4c(c2)NC(=O)CS4)C(=O)O1)CO3. The quantitative estimate of drug-likeness (QED) is 0.465. The molecule has 2 atom stereocenters. The molecule has 0 saturated carbocycles. The van der Waals surface area contributed by atoms with Crippen LogP contribution in [0.3, 0.4) is 0 Å². The molecule has 36 heavy (non-hydrogen) atoms. The van der Waals surface area contributed by atoms with Crippen LogP contribution in [0.25, 0.3) is 11.0 Å². The summed E-state index contributed by atoms with van der Waals surface area (Å²) < 4.78 is 16.8. The van der Waals surface area contributed by atoms with E-state index in [1.165, 1.54) is 11.8 Å². The van der Waals surface area contributed by atoms with E-state index in [0.717, 1.165) is 38.6 Å². The van der Waals surface area contributed by atoms with E-state index in [4.69, 9.17) is 14.2 Å². The lowest BCUT2D eigenvalue weighted by Gasteiger charge is -2.20. The van der Waals surface area contributed by atoms with Crippen LogP contribution in [0.4, 0.5) is 16.2 Å². The van der Waals surface area contributed by atoms with E-state index < -0.39 is 0 Å². The molecule has 1 fully saturated rings. The summed E-state index contributed by atoms with van der Waals surface area (Å²) in [6.45, 7) is 2.42. The molecular formula is C25H25N5O5S. The predicted octanol–water partition coefficient (Wildman–Crippen LogP) is 3.16. The topological polar surface area (TPSA) is 115 Å². The van der Waals surface area contributed by atoms with Crippen molar-refractivity contribution in [1.29, 1.82) is 0 Å². The van der Waals surface area contributed by atoms with E-state index in [-0.39, 0.29) is 24.0 Å². The number of nitrogens with zero attached hydrogens (tertiary/aromatic N) is 3. The number of amides is 2. The number of hydrogen-bond acceptors (Lipinski definition) is 9. The van der Waals surface area contributed by atoms with Crippen LogP contribution in [0.1, 0.15) is 17.9 Å². The normalized spacial score (nSPS) is 20.5. The van der Waals surface area contributed by atoms with Gasteiger partial charge in [-0.1, -0.05) is 0 Å². The Kier molecular flexibility index (Phi) is 6.02. The third-order valence-electron chi connectivity index (χ3n) is 6.56. The number of benzene rings is 1. The van der Waals surface area contributed by atoms with E-state index in [2.05, 4.69) is 20.6 Å². The maximum atomic E-state index is 12.5. The van der Waals surface area contributed by atoms with Gasteiger partial charge in [0.1, 0.15) is 17.4 Å². The maximum absolute atomic E-state index is 12.5. The van der Waals surface area contributed by atoms with Crippen molar-refractivity contribution >= 4 is 46.2 Å². The molecule has 0 unspecified atom stereocenters. The van der Waals surface area contributed by atoms with E-state index in [1.807, 2.05) is 24.3 Å². The Hall–Kier alpha value is -3.57. The van der Waals surface area contributed by atoms with E-state index in [1.54, 1.807) is 24.3 Å². The molecule has 10 nitrogen and oxygen atoms in total. The second-order valence-corrected chi connectivity index (χ2v) is 9.91. The van der Waals surface area contributed by atoms with Crippen molar-refractivity contribution < 1.29 is 23.8 Å². The van der Waals surface area contributed by atoms with Gasteiger partial charge in [-0.05, 0) is 37.2 Å². The third-order valence-corrected chi connectivity index (χ3v) is 7.64. The van der Waals surface area contributed by atoms with Crippen LogP contribution in [0, 0.1) is 0 Å². The van der Waals surface area contributed by atoms with E-state index in [0.29, 0.717) is 44.3 Å². The standard InChI is InChI=1S/C25H25N5O5S/c1-33-22-5-3-17-24(29-22)23-14(12-34-19(23)10-27-17)9-26-7-6-16-11-30(25(32)35-16)15-2-4-20-18(8-15)28-21(31)13-36-20/h2-5,8,10,14,16,26H,6-7,9,11-13H2,1H3,(H,28,31)/t14-,16+/m1/s1. The first kappa shape index (κ1) is 22.9. The van der Waals surface area contributed by atoms with Crippen molar-refractivity contribution in [2.75, 3.05) is 49.3 Å². The van der Waals surface area contributed by atoms with Gasteiger partial charge in [-0.15, -0.1) is 11.8 Å². The lowest BCUT2D eigenvalue weighted by molar-refractivity contribution is -0.113. The number of aromatic nitrogens is 2. The molecule has 3 aromatic rings. The molecule has 11 heteroatoms. The number of pyridine rings is 2. The van der Waals surface area contributed by atoms with Gasteiger partial charge in [0, 0.05) is 34.7 Å². The highest BCUT2D eigenvalue weighted by atomic mass is 32.2. The average Bonchev–Trinajstić information content (AvgIpc) is 3.49.